The second-order valence-corrected chi connectivity index (χ2v) is 8.16. The van der Waals surface area contributed by atoms with Crippen LogP contribution in [0.2, 0.25) is 0 Å². The fourth-order valence-electron chi connectivity index (χ4n) is 2.49. The van der Waals surface area contributed by atoms with Crippen molar-refractivity contribution in [1.82, 2.24) is 15.5 Å². The van der Waals surface area contributed by atoms with Crippen molar-refractivity contribution in [2.24, 2.45) is 0 Å². The number of furan rings is 1. The van der Waals surface area contributed by atoms with Gasteiger partial charge in [-0.05, 0) is 31.2 Å². The van der Waals surface area contributed by atoms with Crippen molar-refractivity contribution in [3.63, 3.8) is 0 Å². The van der Waals surface area contributed by atoms with E-state index in [2.05, 4.69) is 15.5 Å². The number of nitrogens with one attached hydrogen (secondary N) is 1. The molecule has 3 rings (SSSR count). The van der Waals surface area contributed by atoms with E-state index < -0.39 is 15.7 Å². The molecule has 1 amide bonds. The van der Waals surface area contributed by atoms with Crippen LogP contribution in [-0.2, 0) is 22.7 Å². The highest BCUT2D eigenvalue weighted by Gasteiger charge is 2.20. The number of hydrogen-bond donors (Lipinski definition) is 1. The van der Waals surface area contributed by atoms with Gasteiger partial charge in [0.25, 0.3) is 0 Å². The van der Waals surface area contributed by atoms with Crippen LogP contribution in [0.25, 0.3) is 0 Å². The zero-order chi connectivity index (χ0) is 19.3. The average molecular weight is 389 g/mol. The molecule has 0 unspecified atom stereocenters. The molecule has 27 heavy (non-hydrogen) atoms. The molecule has 0 spiro atoms. The third-order valence-corrected chi connectivity index (χ3v) is 5.56. The highest BCUT2D eigenvalue weighted by atomic mass is 32.2. The molecule has 2 aromatic heterocycles. The van der Waals surface area contributed by atoms with Gasteiger partial charge in [-0.2, -0.15) is 4.98 Å². The van der Waals surface area contributed by atoms with E-state index in [1.54, 1.807) is 30.5 Å². The molecule has 0 radical (unpaired) electrons. The summed E-state index contributed by atoms with van der Waals surface area (Å²) in [6.07, 6.45) is 2.14. The summed E-state index contributed by atoms with van der Waals surface area (Å²) in [6, 6.07) is 11.5. The summed E-state index contributed by atoms with van der Waals surface area (Å²) in [4.78, 5) is 16.4. The largest absolute Gasteiger partial charge is 0.469 e. The van der Waals surface area contributed by atoms with Crippen molar-refractivity contribution in [2.75, 3.05) is 5.75 Å². The van der Waals surface area contributed by atoms with Gasteiger partial charge < -0.3 is 14.3 Å². The standard InChI is InChI=1S/C18H19N3O5S/c1-13(12-14-6-5-10-25-14)19-17(22)18-20-16(21-26-18)9-11-27(23,24)15-7-3-2-4-8-15/h2-8,10,13H,9,11-12H2,1H3,(H,19,22)/t13-/m0/s1. The van der Waals surface area contributed by atoms with E-state index >= 15 is 0 Å². The molecule has 0 aliphatic heterocycles. The van der Waals surface area contributed by atoms with Crippen LogP contribution in [0.4, 0.5) is 0 Å². The number of carbonyl (C=O) groups is 1. The minimum atomic E-state index is -3.45. The minimum absolute atomic E-state index is 0.0515. The van der Waals surface area contributed by atoms with Gasteiger partial charge in [0.15, 0.2) is 15.7 Å². The number of amides is 1. The highest BCUT2D eigenvalue weighted by Crippen LogP contribution is 2.12. The Bertz CT molecular complexity index is 981. The Kier molecular flexibility index (Phi) is 5.70. The van der Waals surface area contributed by atoms with Crippen LogP contribution in [0.5, 0.6) is 0 Å². The van der Waals surface area contributed by atoms with Crippen LogP contribution >= 0.6 is 0 Å². The summed E-state index contributed by atoms with van der Waals surface area (Å²) in [5, 5.41) is 6.42. The first kappa shape index (κ1) is 18.8. The van der Waals surface area contributed by atoms with Crippen molar-refractivity contribution in [1.29, 1.82) is 0 Å². The van der Waals surface area contributed by atoms with Crippen molar-refractivity contribution in [2.45, 2.75) is 30.7 Å². The molecule has 0 aliphatic rings. The highest BCUT2D eigenvalue weighted by molar-refractivity contribution is 7.91. The molecule has 0 saturated heterocycles. The smallest absolute Gasteiger partial charge is 0.315 e. The van der Waals surface area contributed by atoms with Gasteiger partial charge in [-0.3, -0.25) is 4.79 Å². The van der Waals surface area contributed by atoms with E-state index in [9.17, 15) is 13.2 Å². The number of sulfone groups is 1. The van der Waals surface area contributed by atoms with Crippen LogP contribution < -0.4 is 5.32 Å². The minimum Gasteiger partial charge on any atom is -0.469 e. The first-order valence-electron chi connectivity index (χ1n) is 8.38. The maximum absolute atomic E-state index is 12.3. The number of nitrogens with zero attached hydrogens (tertiary/aromatic N) is 2. The number of aromatic nitrogens is 2. The maximum Gasteiger partial charge on any atom is 0.315 e. The predicted molar refractivity (Wildman–Crippen MR) is 95.8 cm³/mol. The van der Waals surface area contributed by atoms with Gasteiger partial charge in [0, 0.05) is 18.9 Å². The second-order valence-electron chi connectivity index (χ2n) is 6.06. The Balaban J connectivity index is 1.55. The van der Waals surface area contributed by atoms with Gasteiger partial charge in [-0.1, -0.05) is 23.4 Å². The van der Waals surface area contributed by atoms with E-state index in [0.29, 0.717) is 6.42 Å². The molecule has 9 heteroatoms. The van der Waals surface area contributed by atoms with Crippen LogP contribution in [0.1, 0.15) is 29.2 Å². The number of aryl methyl sites for hydroxylation is 1. The Morgan fingerprint density at radius 2 is 1.96 bits per heavy atom. The Morgan fingerprint density at radius 1 is 1.19 bits per heavy atom. The molecule has 2 heterocycles. The van der Waals surface area contributed by atoms with E-state index in [0.717, 1.165) is 5.76 Å². The van der Waals surface area contributed by atoms with Gasteiger partial charge >= 0.3 is 11.8 Å². The number of hydrogen-bond acceptors (Lipinski definition) is 7. The summed E-state index contributed by atoms with van der Waals surface area (Å²) in [6.45, 7) is 1.82. The lowest BCUT2D eigenvalue weighted by Crippen LogP contribution is -2.34. The second kappa shape index (κ2) is 8.17. The Morgan fingerprint density at radius 3 is 2.67 bits per heavy atom. The first-order valence-corrected chi connectivity index (χ1v) is 10.0. The first-order chi connectivity index (χ1) is 12.9. The molecule has 1 aromatic carbocycles. The van der Waals surface area contributed by atoms with E-state index in [4.69, 9.17) is 8.94 Å². The SMILES string of the molecule is C[C@@H](Cc1ccco1)NC(=O)c1nc(CCS(=O)(=O)c2ccccc2)no1. The quantitative estimate of drug-likeness (QED) is 0.627. The molecular weight excluding hydrogens is 370 g/mol. The normalized spacial score (nSPS) is 12.6. The Hall–Kier alpha value is -2.94. The van der Waals surface area contributed by atoms with Crippen molar-refractivity contribution in [3.05, 3.63) is 66.2 Å². The summed E-state index contributed by atoms with van der Waals surface area (Å²) in [5.41, 5.74) is 0. The van der Waals surface area contributed by atoms with Gasteiger partial charge in [0.05, 0.1) is 16.9 Å². The lowest BCUT2D eigenvalue weighted by atomic mass is 10.2. The molecule has 0 saturated carbocycles. The van der Waals surface area contributed by atoms with Crippen molar-refractivity contribution >= 4 is 15.7 Å². The molecule has 0 fully saturated rings. The van der Waals surface area contributed by atoms with Gasteiger partial charge in [-0.25, -0.2) is 8.42 Å². The van der Waals surface area contributed by atoms with Crippen LogP contribution in [-0.4, -0.2) is 36.3 Å². The third-order valence-electron chi connectivity index (χ3n) is 3.82. The summed E-state index contributed by atoms with van der Waals surface area (Å²) < 4.78 is 34.7. The Labute approximate surface area is 156 Å². The van der Waals surface area contributed by atoms with Crippen LogP contribution in [0.15, 0.2) is 62.6 Å². The molecule has 0 bridgehead atoms. The molecule has 0 aliphatic carbocycles. The predicted octanol–water partition coefficient (Wildman–Crippen LogP) is 2.04. The molecular formula is C18H19N3O5S. The number of carbonyl (C=O) groups excluding carboxylic acids is 1. The van der Waals surface area contributed by atoms with Gasteiger partial charge in [0.2, 0.25) is 0 Å². The molecule has 1 N–H and O–H groups in total. The summed E-state index contributed by atoms with van der Waals surface area (Å²) >= 11 is 0. The van der Waals surface area contributed by atoms with Crippen molar-refractivity contribution < 1.29 is 22.2 Å². The molecule has 142 valence electrons. The van der Waals surface area contributed by atoms with Crippen LogP contribution in [0.3, 0.4) is 0 Å². The molecule has 1 atom stereocenters. The molecule has 3 aromatic rings. The summed E-state index contributed by atoms with van der Waals surface area (Å²) in [7, 11) is -3.45. The zero-order valence-electron chi connectivity index (χ0n) is 14.7. The monoisotopic (exact) mass is 389 g/mol. The average Bonchev–Trinajstić information content (AvgIpc) is 3.32. The van der Waals surface area contributed by atoms with Gasteiger partial charge in [0.1, 0.15) is 5.76 Å². The van der Waals surface area contributed by atoms with Gasteiger partial charge in [-0.15, -0.1) is 0 Å². The topological polar surface area (TPSA) is 115 Å². The lowest BCUT2D eigenvalue weighted by molar-refractivity contribution is 0.0895. The van der Waals surface area contributed by atoms with E-state index in [-0.39, 0.29) is 34.8 Å². The number of benzene rings is 1. The van der Waals surface area contributed by atoms with Crippen LogP contribution in [0, 0.1) is 0 Å². The fraction of sp³-hybridized carbons (Fsp3) is 0.278. The zero-order valence-corrected chi connectivity index (χ0v) is 15.5. The fourth-order valence-corrected chi connectivity index (χ4v) is 3.74. The summed E-state index contributed by atoms with van der Waals surface area (Å²) in [5.74, 6) is 0.0255. The number of rotatable bonds is 8. The third kappa shape index (κ3) is 5.04. The molecule has 8 nitrogen and oxygen atoms in total. The van der Waals surface area contributed by atoms with Crippen molar-refractivity contribution in [3.8, 4) is 0 Å². The van der Waals surface area contributed by atoms with E-state index in [1.165, 1.54) is 12.1 Å². The maximum atomic E-state index is 12.3. The van der Waals surface area contributed by atoms with E-state index in [1.807, 2.05) is 13.0 Å². The lowest BCUT2D eigenvalue weighted by Gasteiger charge is -2.10.